The summed E-state index contributed by atoms with van der Waals surface area (Å²) in [6.45, 7) is 14.9. The third kappa shape index (κ3) is 15.0. The number of carbonyl (C=O) groups is 2. The van der Waals surface area contributed by atoms with Crippen molar-refractivity contribution in [2.75, 3.05) is 33.5 Å². The largest absolute Gasteiger partial charge is 0.385 e. The van der Waals surface area contributed by atoms with Gasteiger partial charge in [-0.15, -0.1) is 0 Å². The summed E-state index contributed by atoms with van der Waals surface area (Å²) in [4.78, 5) is 25.1. The molecular formula is C21H37NO5. The normalized spacial score (nSPS) is 9.74. The molecule has 0 atom stereocenters. The minimum atomic E-state index is -0.0784. The quantitative estimate of drug-likeness (QED) is 0.452. The third-order valence-corrected chi connectivity index (χ3v) is 3.53. The lowest BCUT2D eigenvalue weighted by atomic mass is 10.0. The molecule has 0 aliphatic rings. The zero-order valence-corrected chi connectivity index (χ0v) is 17.8. The van der Waals surface area contributed by atoms with Crippen LogP contribution in [-0.2, 0) is 30.5 Å². The molecule has 0 fully saturated rings. The van der Waals surface area contributed by atoms with Gasteiger partial charge in [0.15, 0.2) is 0 Å². The van der Waals surface area contributed by atoms with Crippen molar-refractivity contribution >= 4 is 12.7 Å². The van der Waals surface area contributed by atoms with Crippen molar-refractivity contribution < 1.29 is 23.9 Å². The Labute approximate surface area is 164 Å². The first-order valence-electron chi connectivity index (χ1n) is 9.31. The van der Waals surface area contributed by atoms with Crippen molar-refractivity contribution in [1.82, 2.24) is 5.06 Å². The monoisotopic (exact) mass is 383 g/mol. The maximum atomic E-state index is 11.5. The number of hydrogen-bond donors (Lipinski definition) is 0. The molecule has 0 unspecified atom stereocenters. The van der Waals surface area contributed by atoms with Crippen molar-refractivity contribution in [3.8, 4) is 0 Å². The molecule has 0 heterocycles. The van der Waals surface area contributed by atoms with E-state index >= 15 is 0 Å². The average Bonchev–Trinajstić information content (AvgIpc) is 2.69. The van der Waals surface area contributed by atoms with Crippen LogP contribution in [0.2, 0.25) is 0 Å². The molecule has 1 amide bonds. The van der Waals surface area contributed by atoms with Gasteiger partial charge in [0.05, 0.1) is 6.54 Å². The highest BCUT2D eigenvalue weighted by Gasteiger charge is 2.09. The summed E-state index contributed by atoms with van der Waals surface area (Å²) in [6.07, 6.45) is 0.777. The van der Waals surface area contributed by atoms with Gasteiger partial charge < -0.3 is 14.3 Å². The summed E-state index contributed by atoms with van der Waals surface area (Å²) in [7, 11) is 1.68. The number of nitrogens with zero attached hydrogens (tertiary/aromatic N) is 1. The molecule has 1 aromatic rings. The van der Waals surface area contributed by atoms with E-state index in [0.29, 0.717) is 32.3 Å². The second kappa shape index (κ2) is 19.0. The maximum Gasteiger partial charge on any atom is 0.243 e. The molecule has 1 aromatic carbocycles. The van der Waals surface area contributed by atoms with Gasteiger partial charge in [-0.1, -0.05) is 38.1 Å². The van der Waals surface area contributed by atoms with Crippen LogP contribution in [0.15, 0.2) is 24.3 Å². The highest BCUT2D eigenvalue weighted by molar-refractivity contribution is 5.71. The zero-order chi connectivity index (χ0) is 21.1. The molecule has 6 nitrogen and oxygen atoms in total. The fourth-order valence-corrected chi connectivity index (χ4v) is 1.92. The molecule has 0 aliphatic heterocycles. The molecule has 0 radical (unpaired) electrons. The first-order valence-corrected chi connectivity index (χ1v) is 9.31. The van der Waals surface area contributed by atoms with E-state index < -0.39 is 0 Å². The summed E-state index contributed by atoms with van der Waals surface area (Å²) in [5.41, 5.74) is 2.37. The molecular weight excluding hydrogens is 346 g/mol. The smallest absolute Gasteiger partial charge is 0.243 e. The van der Waals surface area contributed by atoms with E-state index in [1.807, 2.05) is 32.8 Å². The highest BCUT2D eigenvalue weighted by atomic mass is 16.7. The molecule has 0 aliphatic carbocycles. The molecule has 6 heteroatoms. The van der Waals surface area contributed by atoms with E-state index in [2.05, 4.69) is 30.7 Å². The van der Waals surface area contributed by atoms with E-state index in [1.165, 1.54) is 17.6 Å². The predicted octanol–water partition coefficient (Wildman–Crippen LogP) is 3.98. The van der Waals surface area contributed by atoms with Crippen molar-refractivity contribution in [2.45, 2.75) is 53.6 Å². The van der Waals surface area contributed by atoms with Gasteiger partial charge >= 0.3 is 0 Å². The van der Waals surface area contributed by atoms with Crippen molar-refractivity contribution in [3.63, 3.8) is 0 Å². The average molecular weight is 384 g/mol. The number of hydrogen-bond acceptors (Lipinski definition) is 5. The van der Waals surface area contributed by atoms with Gasteiger partial charge in [0.1, 0.15) is 13.4 Å². The van der Waals surface area contributed by atoms with E-state index in [-0.39, 0.29) is 5.91 Å². The van der Waals surface area contributed by atoms with Crippen LogP contribution < -0.4 is 0 Å². The Morgan fingerprint density at radius 2 is 1.67 bits per heavy atom. The first kappa shape index (κ1) is 27.5. The van der Waals surface area contributed by atoms with E-state index in [4.69, 9.17) is 14.4 Å². The number of amides is 1. The van der Waals surface area contributed by atoms with Crippen LogP contribution in [0.1, 0.15) is 58.1 Å². The molecule has 27 heavy (non-hydrogen) atoms. The summed E-state index contributed by atoms with van der Waals surface area (Å²) in [5, 5.41) is 1.41. The van der Waals surface area contributed by atoms with E-state index in [0.717, 1.165) is 18.6 Å². The molecule has 0 N–H and O–H groups in total. The van der Waals surface area contributed by atoms with Gasteiger partial charge in [0.2, 0.25) is 5.91 Å². The maximum absolute atomic E-state index is 11.5. The standard InChI is InChI=1S/C17H27NO3.C3H8O.CH2O/c1-5-20-12-6-11-18(15(4)19)21-13-16-7-9-17(10-8-16)14(2)3;1-3-4-2;1-2/h7-10,14H,5-6,11-13H2,1-4H3;3H2,1-2H3;1H2. The van der Waals surface area contributed by atoms with Crippen LogP contribution in [0.5, 0.6) is 0 Å². The number of ether oxygens (including phenoxy) is 2. The van der Waals surface area contributed by atoms with Crippen LogP contribution in [0.4, 0.5) is 0 Å². The van der Waals surface area contributed by atoms with Gasteiger partial charge in [0, 0.05) is 33.9 Å². The van der Waals surface area contributed by atoms with Gasteiger partial charge in [-0.05, 0) is 37.3 Å². The van der Waals surface area contributed by atoms with Crippen LogP contribution in [0.25, 0.3) is 0 Å². The van der Waals surface area contributed by atoms with Crippen molar-refractivity contribution in [3.05, 3.63) is 35.4 Å². The summed E-state index contributed by atoms with van der Waals surface area (Å²) >= 11 is 0. The number of carbonyl (C=O) groups excluding carboxylic acids is 2. The van der Waals surface area contributed by atoms with Gasteiger partial charge in [-0.3, -0.25) is 9.63 Å². The lowest BCUT2D eigenvalue weighted by Gasteiger charge is -2.20. The van der Waals surface area contributed by atoms with Crippen LogP contribution >= 0.6 is 0 Å². The molecule has 0 aromatic heterocycles. The second-order valence-corrected chi connectivity index (χ2v) is 5.92. The predicted molar refractivity (Wildman–Crippen MR) is 108 cm³/mol. The van der Waals surface area contributed by atoms with Crippen LogP contribution in [0, 0.1) is 0 Å². The minimum Gasteiger partial charge on any atom is -0.385 e. The molecule has 0 saturated carbocycles. The van der Waals surface area contributed by atoms with Gasteiger partial charge in [-0.25, -0.2) is 5.06 Å². The topological polar surface area (TPSA) is 65.1 Å². The Morgan fingerprint density at radius 1 is 1.11 bits per heavy atom. The second-order valence-electron chi connectivity index (χ2n) is 5.92. The van der Waals surface area contributed by atoms with Crippen LogP contribution in [0.3, 0.4) is 0 Å². The Bertz CT molecular complexity index is 460. The van der Waals surface area contributed by atoms with E-state index in [9.17, 15) is 4.79 Å². The Balaban J connectivity index is 0. The third-order valence-electron chi connectivity index (χ3n) is 3.53. The number of hydroxylamine groups is 2. The number of methoxy groups -OCH3 is 1. The summed E-state index contributed by atoms with van der Waals surface area (Å²) in [5.74, 6) is 0.442. The highest BCUT2D eigenvalue weighted by Crippen LogP contribution is 2.15. The number of benzene rings is 1. The lowest BCUT2D eigenvalue weighted by molar-refractivity contribution is -0.190. The van der Waals surface area contributed by atoms with Crippen molar-refractivity contribution in [2.24, 2.45) is 0 Å². The Morgan fingerprint density at radius 3 is 2.07 bits per heavy atom. The zero-order valence-electron chi connectivity index (χ0n) is 17.8. The van der Waals surface area contributed by atoms with Crippen LogP contribution in [-0.4, -0.2) is 51.2 Å². The summed E-state index contributed by atoms with van der Waals surface area (Å²) < 4.78 is 9.81. The molecule has 0 saturated heterocycles. The molecule has 0 bridgehead atoms. The van der Waals surface area contributed by atoms with Gasteiger partial charge in [0.25, 0.3) is 0 Å². The van der Waals surface area contributed by atoms with Gasteiger partial charge in [-0.2, -0.15) is 0 Å². The first-order chi connectivity index (χ1) is 13.0. The van der Waals surface area contributed by atoms with E-state index in [1.54, 1.807) is 7.11 Å². The van der Waals surface area contributed by atoms with Crippen molar-refractivity contribution in [1.29, 1.82) is 0 Å². The molecule has 156 valence electrons. The molecule has 0 spiro atoms. The summed E-state index contributed by atoms with van der Waals surface area (Å²) in [6, 6.07) is 8.31. The lowest BCUT2D eigenvalue weighted by Crippen LogP contribution is -2.30. The minimum absolute atomic E-state index is 0.0784. The fourth-order valence-electron chi connectivity index (χ4n) is 1.92. The Kier molecular flexibility index (Phi) is 19.3. The fraction of sp³-hybridized carbons (Fsp3) is 0.619. The Hall–Kier alpha value is -1.76. The molecule has 1 rings (SSSR count). The SMILES string of the molecule is C=O.CCOC.CCOCCCN(OCc1ccc(C(C)C)cc1)C(C)=O. The number of rotatable bonds is 10.